The first kappa shape index (κ1) is 20.8. The van der Waals surface area contributed by atoms with Gasteiger partial charge in [-0.1, -0.05) is 40.5 Å². The van der Waals surface area contributed by atoms with Crippen LogP contribution >= 0.6 is 0 Å². The lowest BCUT2D eigenvalue weighted by Crippen LogP contribution is -2.28. The Morgan fingerprint density at radius 1 is 1.00 bits per heavy atom. The Morgan fingerprint density at radius 3 is 2.33 bits per heavy atom. The molecule has 0 aromatic heterocycles. The van der Waals surface area contributed by atoms with Gasteiger partial charge in [-0.15, -0.1) is 0 Å². The van der Waals surface area contributed by atoms with Crippen molar-refractivity contribution in [3.05, 3.63) is 23.8 Å². The molecule has 24 heavy (non-hydrogen) atoms. The Labute approximate surface area is 150 Å². The maximum absolute atomic E-state index is 5.96. The summed E-state index contributed by atoms with van der Waals surface area (Å²) in [4.78, 5) is 2.52. The summed E-state index contributed by atoms with van der Waals surface area (Å²) in [6, 6.07) is 6.44. The van der Waals surface area contributed by atoms with E-state index in [4.69, 9.17) is 5.73 Å². The van der Waals surface area contributed by atoms with E-state index in [1.165, 1.54) is 36.9 Å². The molecule has 3 N–H and O–H groups in total. The lowest BCUT2D eigenvalue weighted by molar-refractivity contribution is 0.522. The van der Waals surface area contributed by atoms with Crippen LogP contribution in [0.2, 0.25) is 0 Å². The van der Waals surface area contributed by atoms with Crippen molar-refractivity contribution in [2.75, 3.05) is 36.8 Å². The molecule has 138 valence electrons. The molecule has 0 radical (unpaired) electrons. The lowest BCUT2D eigenvalue weighted by Gasteiger charge is -2.27. The topological polar surface area (TPSA) is 41.3 Å². The van der Waals surface area contributed by atoms with Crippen molar-refractivity contribution < 1.29 is 0 Å². The highest BCUT2D eigenvalue weighted by Gasteiger charge is 2.09. The molecule has 0 aliphatic carbocycles. The van der Waals surface area contributed by atoms with E-state index in [0.29, 0.717) is 5.92 Å². The van der Waals surface area contributed by atoms with Crippen molar-refractivity contribution in [1.29, 1.82) is 0 Å². The van der Waals surface area contributed by atoms with E-state index in [2.05, 4.69) is 57.0 Å². The maximum Gasteiger partial charge on any atom is 0.0370 e. The van der Waals surface area contributed by atoms with Gasteiger partial charge in [0.25, 0.3) is 0 Å². The van der Waals surface area contributed by atoms with Crippen LogP contribution in [-0.4, -0.2) is 26.2 Å². The number of nitrogens with one attached hydrogen (secondary N) is 1. The molecule has 0 aliphatic heterocycles. The SMILES string of the molecule is Cc1cc(N(CCCCCCNCC(C)C)CC(C)C)ccc1N. The van der Waals surface area contributed by atoms with Crippen LogP contribution in [0.15, 0.2) is 18.2 Å². The number of aryl methyl sites for hydroxylation is 1. The van der Waals surface area contributed by atoms with E-state index in [1.54, 1.807) is 0 Å². The van der Waals surface area contributed by atoms with Gasteiger partial charge in [-0.05, 0) is 68.5 Å². The summed E-state index contributed by atoms with van der Waals surface area (Å²) in [6.07, 6.45) is 5.19. The predicted octanol–water partition coefficient (Wildman–Crippen LogP) is 4.85. The zero-order valence-electron chi connectivity index (χ0n) is 16.6. The van der Waals surface area contributed by atoms with E-state index < -0.39 is 0 Å². The minimum atomic E-state index is 0.670. The third kappa shape index (κ3) is 8.58. The van der Waals surface area contributed by atoms with Crippen molar-refractivity contribution in [1.82, 2.24) is 5.32 Å². The highest BCUT2D eigenvalue weighted by Crippen LogP contribution is 2.22. The molecule has 1 rings (SSSR count). The normalized spacial score (nSPS) is 11.5. The van der Waals surface area contributed by atoms with Crippen LogP contribution in [0.5, 0.6) is 0 Å². The molecule has 0 saturated heterocycles. The second-order valence-electron chi connectivity index (χ2n) is 7.89. The summed E-state index contributed by atoms with van der Waals surface area (Å²) in [5.74, 6) is 1.42. The summed E-state index contributed by atoms with van der Waals surface area (Å²) in [5.41, 5.74) is 9.34. The largest absolute Gasteiger partial charge is 0.399 e. The molecule has 0 spiro atoms. The average Bonchev–Trinajstić information content (AvgIpc) is 2.50. The van der Waals surface area contributed by atoms with Gasteiger partial charge in [-0.2, -0.15) is 0 Å². The van der Waals surface area contributed by atoms with Gasteiger partial charge in [-0.25, -0.2) is 0 Å². The van der Waals surface area contributed by atoms with Gasteiger partial charge in [0.2, 0.25) is 0 Å². The molecule has 0 aliphatic rings. The zero-order valence-corrected chi connectivity index (χ0v) is 16.6. The number of rotatable bonds is 12. The van der Waals surface area contributed by atoms with Crippen molar-refractivity contribution in [3.8, 4) is 0 Å². The second-order valence-corrected chi connectivity index (χ2v) is 7.89. The standard InChI is InChI=1S/C21H39N3/c1-17(2)15-23-12-8-6-7-9-13-24(16-18(3)4)20-10-11-21(22)19(5)14-20/h10-11,14,17-18,23H,6-9,12-13,15-16,22H2,1-5H3. The molecule has 0 fully saturated rings. The number of anilines is 2. The second kappa shape index (κ2) is 11.4. The molecule has 1 aromatic rings. The monoisotopic (exact) mass is 333 g/mol. The van der Waals surface area contributed by atoms with E-state index in [9.17, 15) is 0 Å². The first-order chi connectivity index (χ1) is 11.4. The fraction of sp³-hybridized carbons (Fsp3) is 0.714. The van der Waals surface area contributed by atoms with Crippen molar-refractivity contribution in [2.24, 2.45) is 11.8 Å². The van der Waals surface area contributed by atoms with Crippen molar-refractivity contribution in [2.45, 2.75) is 60.3 Å². The summed E-state index contributed by atoms with van der Waals surface area (Å²) in [5, 5.41) is 3.53. The summed E-state index contributed by atoms with van der Waals surface area (Å²) < 4.78 is 0. The summed E-state index contributed by atoms with van der Waals surface area (Å²) >= 11 is 0. The molecule has 0 amide bonds. The quantitative estimate of drug-likeness (QED) is 0.424. The molecular weight excluding hydrogens is 294 g/mol. The smallest absolute Gasteiger partial charge is 0.0370 e. The van der Waals surface area contributed by atoms with Gasteiger partial charge >= 0.3 is 0 Å². The van der Waals surface area contributed by atoms with E-state index in [-0.39, 0.29) is 0 Å². The molecule has 0 saturated carbocycles. The third-order valence-corrected chi connectivity index (χ3v) is 4.29. The van der Waals surface area contributed by atoms with Crippen LogP contribution in [0.1, 0.15) is 58.9 Å². The molecule has 0 atom stereocenters. The minimum absolute atomic E-state index is 0.670. The average molecular weight is 334 g/mol. The van der Waals surface area contributed by atoms with Gasteiger partial charge in [0.15, 0.2) is 0 Å². The van der Waals surface area contributed by atoms with Crippen LogP contribution < -0.4 is 16.0 Å². The Morgan fingerprint density at radius 2 is 1.71 bits per heavy atom. The zero-order chi connectivity index (χ0) is 17.9. The predicted molar refractivity (Wildman–Crippen MR) is 109 cm³/mol. The summed E-state index contributed by atoms with van der Waals surface area (Å²) in [6.45, 7) is 15.7. The fourth-order valence-electron chi connectivity index (χ4n) is 2.92. The number of hydrogen-bond donors (Lipinski definition) is 2. The van der Waals surface area contributed by atoms with Crippen LogP contribution in [-0.2, 0) is 0 Å². The molecule has 0 unspecified atom stereocenters. The number of nitrogens with two attached hydrogens (primary N) is 1. The van der Waals surface area contributed by atoms with Crippen LogP contribution in [0.25, 0.3) is 0 Å². The van der Waals surface area contributed by atoms with E-state index in [1.807, 2.05) is 6.07 Å². The fourth-order valence-corrected chi connectivity index (χ4v) is 2.92. The summed E-state index contributed by atoms with van der Waals surface area (Å²) in [7, 11) is 0. The Kier molecular flexibility index (Phi) is 9.85. The van der Waals surface area contributed by atoms with Gasteiger partial charge in [0.05, 0.1) is 0 Å². The van der Waals surface area contributed by atoms with Gasteiger partial charge < -0.3 is 16.0 Å². The molecule has 3 nitrogen and oxygen atoms in total. The molecule has 0 bridgehead atoms. The number of benzene rings is 1. The van der Waals surface area contributed by atoms with Crippen LogP contribution in [0.4, 0.5) is 11.4 Å². The minimum Gasteiger partial charge on any atom is -0.399 e. The van der Waals surface area contributed by atoms with E-state index >= 15 is 0 Å². The highest BCUT2D eigenvalue weighted by molar-refractivity contribution is 5.58. The molecule has 0 heterocycles. The lowest BCUT2D eigenvalue weighted by atomic mass is 10.1. The first-order valence-electron chi connectivity index (χ1n) is 9.72. The number of nitrogens with zero attached hydrogens (tertiary/aromatic N) is 1. The maximum atomic E-state index is 5.96. The van der Waals surface area contributed by atoms with Gasteiger partial charge in [0.1, 0.15) is 0 Å². The number of hydrogen-bond acceptors (Lipinski definition) is 3. The van der Waals surface area contributed by atoms with Crippen LogP contribution in [0, 0.1) is 18.8 Å². The third-order valence-electron chi connectivity index (χ3n) is 4.29. The first-order valence-corrected chi connectivity index (χ1v) is 9.72. The van der Waals surface area contributed by atoms with Gasteiger partial charge in [0, 0.05) is 24.5 Å². The Bertz CT molecular complexity index is 454. The van der Waals surface area contributed by atoms with Crippen molar-refractivity contribution >= 4 is 11.4 Å². The van der Waals surface area contributed by atoms with E-state index in [0.717, 1.165) is 37.8 Å². The Hall–Kier alpha value is -1.22. The number of unbranched alkanes of at least 4 members (excludes halogenated alkanes) is 3. The number of nitrogen functional groups attached to an aromatic ring is 1. The molecule has 1 aromatic carbocycles. The Balaban J connectivity index is 2.34. The molecule has 3 heteroatoms. The molecular formula is C21H39N3. The van der Waals surface area contributed by atoms with Crippen molar-refractivity contribution in [3.63, 3.8) is 0 Å². The van der Waals surface area contributed by atoms with Gasteiger partial charge in [-0.3, -0.25) is 0 Å². The van der Waals surface area contributed by atoms with Crippen LogP contribution in [0.3, 0.4) is 0 Å². The highest BCUT2D eigenvalue weighted by atomic mass is 15.1.